The summed E-state index contributed by atoms with van der Waals surface area (Å²) in [5, 5.41) is 14.1. The van der Waals surface area contributed by atoms with Crippen LogP contribution >= 0.6 is 0 Å². The average molecular weight is 349 g/mol. The number of aromatic nitrogens is 2. The lowest BCUT2D eigenvalue weighted by atomic mass is 9.99. The number of phenolic OH excluding ortho intramolecular Hbond substituents is 1. The van der Waals surface area contributed by atoms with E-state index in [2.05, 4.69) is 22.2 Å². The fourth-order valence-electron chi connectivity index (χ4n) is 3.06. The molecule has 0 aliphatic carbocycles. The normalized spacial score (nSPS) is 12.1. The fraction of sp³-hybridized carbons (Fsp3) is 0.286. The van der Waals surface area contributed by atoms with E-state index >= 15 is 0 Å². The number of carbonyl (C=O) groups is 1. The van der Waals surface area contributed by atoms with Crippen LogP contribution in [0.25, 0.3) is 11.0 Å². The van der Waals surface area contributed by atoms with Crippen LogP contribution in [-0.2, 0) is 0 Å². The number of benzene rings is 1. The topological polar surface area (TPSA) is 75.1 Å². The number of nitrogens with zero attached hydrogens (tertiary/aromatic N) is 2. The Labute approximate surface area is 153 Å². The molecule has 3 rings (SSSR count). The molecule has 0 radical (unpaired) electrons. The highest BCUT2D eigenvalue weighted by molar-refractivity contribution is 5.98. The van der Waals surface area contributed by atoms with Crippen LogP contribution in [0, 0.1) is 6.92 Å². The van der Waals surface area contributed by atoms with Gasteiger partial charge in [-0.1, -0.05) is 38.0 Å². The van der Waals surface area contributed by atoms with E-state index in [1.807, 2.05) is 37.3 Å². The van der Waals surface area contributed by atoms with Crippen molar-refractivity contribution in [3.05, 3.63) is 65.5 Å². The monoisotopic (exact) mass is 349 g/mol. The van der Waals surface area contributed by atoms with Crippen LogP contribution in [0.2, 0.25) is 0 Å². The summed E-state index contributed by atoms with van der Waals surface area (Å²) in [7, 11) is 0. The smallest absolute Gasteiger partial charge is 0.253 e. The molecule has 5 heteroatoms. The summed E-state index contributed by atoms with van der Waals surface area (Å²) in [5.41, 5.74) is 2.54. The fourth-order valence-corrected chi connectivity index (χ4v) is 3.06. The van der Waals surface area contributed by atoms with Crippen LogP contribution in [0.4, 0.5) is 0 Å². The Balaban J connectivity index is 1.90. The Morgan fingerprint density at radius 2 is 2.04 bits per heavy atom. The summed E-state index contributed by atoms with van der Waals surface area (Å²) in [4.78, 5) is 21.6. The first-order chi connectivity index (χ1) is 12.6. The van der Waals surface area contributed by atoms with Crippen molar-refractivity contribution in [1.82, 2.24) is 15.3 Å². The van der Waals surface area contributed by atoms with Crippen molar-refractivity contribution in [2.75, 3.05) is 0 Å². The molecule has 1 aromatic carbocycles. The molecule has 0 bridgehead atoms. The number of unbranched alkanes of at least 4 members (excludes halogenated alkanes) is 1. The third-order valence-corrected chi connectivity index (χ3v) is 4.49. The average Bonchev–Trinajstić information content (AvgIpc) is 2.65. The van der Waals surface area contributed by atoms with Gasteiger partial charge in [-0.25, -0.2) is 9.97 Å². The van der Waals surface area contributed by atoms with Gasteiger partial charge >= 0.3 is 0 Å². The third-order valence-electron chi connectivity index (χ3n) is 4.49. The second kappa shape index (κ2) is 7.95. The van der Waals surface area contributed by atoms with E-state index in [9.17, 15) is 9.90 Å². The first kappa shape index (κ1) is 17.9. The van der Waals surface area contributed by atoms with Crippen LogP contribution in [0.3, 0.4) is 0 Å². The second-order valence-corrected chi connectivity index (χ2v) is 6.40. The van der Waals surface area contributed by atoms with Gasteiger partial charge in [-0.15, -0.1) is 0 Å². The van der Waals surface area contributed by atoms with Crippen LogP contribution in [0.1, 0.15) is 53.8 Å². The SMILES string of the molecule is CCCCC(NC(=O)c1cc2cccnc2nc1C)c1ccccc1O. The molecule has 1 unspecified atom stereocenters. The largest absolute Gasteiger partial charge is 0.508 e. The molecule has 0 saturated carbocycles. The van der Waals surface area contributed by atoms with Gasteiger partial charge in [0, 0.05) is 17.1 Å². The third kappa shape index (κ3) is 3.82. The van der Waals surface area contributed by atoms with Gasteiger partial charge in [0.2, 0.25) is 0 Å². The molecule has 0 aliphatic heterocycles. The van der Waals surface area contributed by atoms with Gasteiger partial charge in [-0.05, 0) is 37.6 Å². The summed E-state index contributed by atoms with van der Waals surface area (Å²) < 4.78 is 0. The molecule has 2 aromatic heterocycles. The molecular weight excluding hydrogens is 326 g/mol. The van der Waals surface area contributed by atoms with E-state index in [0.29, 0.717) is 16.9 Å². The van der Waals surface area contributed by atoms with Crippen LogP contribution in [0.5, 0.6) is 5.75 Å². The molecule has 134 valence electrons. The molecule has 1 amide bonds. The molecule has 1 atom stereocenters. The molecular formula is C21H23N3O2. The minimum atomic E-state index is -0.243. The lowest BCUT2D eigenvalue weighted by Gasteiger charge is -2.20. The summed E-state index contributed by atoms with van der Waals surface area (Å²) >= 11 is 0. The summed E-state index contributed by atoms with van der Waals surface area (Å²) in [5.74, 6) is 0.0107. The van der Waals surface area contributed by atoms with Gasteiger partial charge in [0.05, 0.1) is 17.3 Å². The van der Waals surface area contributed by atoms with E-state index < -0.39 is 0 Å². The maximum Gasteiger partial charge on any atom is 0.253 e. The van der Waals surface area contributed by atoms with Crippen molar-refractivity contribution in [3.8, 4) is 5.75 Å². The zero-order valence-corrected chi connectivity index (χ0v) is 15.1. The van der Waals surface area contributed by atoms with Gasteiger partial charge in [-0.2, -0.15) is 0 Å². The maximum absolute atomic E-state index is 12.9. The van der Waals surface area contributed by atoms with Crippen molar-refractivity contribution in [2.24, 2.45) is 0 Å². The molecule has 5 nitrogen and oxygen atoms in total. The first-order valence-corrected chi connectivity index (χ1v) is 8.91. The number of para-hydroxylation sites is 1. The van der Waals surface area contributed by atoms with Crippen molar-refractivity contribution >= 4 is 16.9 Å². The summed E-state index contributed by atoms with van der Waals surface area (Å²) in [6.07, 6.45) is 4.43. The molecule has 0 spiro atoms. The second-order valence-electron chi connectivity index (χ2n) is 6.40. The molecule has 3 aromatic rings. The van der Waals surface area contributed by atoms with E-state index in [4.69, 9.17) is 0 Å². The summed E-state index contributed by atoms with van der Waals surface area (Å²) in [6, 6.07) is 12.4. The Morgan fingerprint density at radius 3 is 2.81 bits per heavy atom. The minimum absolute atomic E-state index is 0.190. The highest BCUT2D eigenvalue weighted by Crippen LogP contribution is 2.28. The number of carbonyl (C=O) groups excluding carboxylic acids is 1. The number of aryl methyl sites for hydroxylation is 1. The zero-order valence-electron chi connectivity index (χ0n) is 15.1. The lowest BCUT2D eigenvalue weighted by Crippen LogP contribution is -2.29. The quantitative estimate of drug-likeness (QED) is 0.695. The van der Waals surface area contributed by atoms with Crippen molar-refractivity contribution in [3.63, 3.8) is 0 Å². The van der Waals surface area contributed by atoms with Crippen LogP contribution < -0.4 is 5.32 Å². The Bertz CT molecular complexity index is 924. The highest BCUT2D eigenvalue weighted by atomic mass is 16.3. The van der Waals surface area contributed by atoms with E-state index in [1.165, 1.54) is 0 Å². The standard InChI is InChI=1S/C21H23N3O2/c1-3-4-10-18(16-9-5-6-11-19(16)25)24-21(26)17-13-15-8-7-12-22-20(15)23-14(17)2/h5-9,11-13,18,25H,3-4,10H2,1-2H3,(H,24,26). The Hall–Kier alpha value is -2.95. The zero-order chi connectivity index (χ0) is 18.5. The molecule has 2 heterocycles. The number of aromatic hydroxyl groups is 1. The van der Waals surface area contributed by atoms with Crippen molar-refractivity contribution in [1.29, 1.82) is 0 Å². The number of pyridine rings is 2. The summed E-state index contributed by atoms with van der Waals surface area (Å²) in [6.45, 7) is 3.91. The Kier molecular flexibility index (Phi) is 5.46. The van der Waals surface area contributed by atoms with Crippen LogP contribution in [-0.4, -0.2) is 21.0 Å². The maximum atomic E-state index is 12.9. The number of nitrogens with one attached hydrogen (secondary N) is 1. The van der Waals surface area contributed by atoms with Gasteiger partial charge in [0.25, 0.3) is 5.91 Å². The molecule has 0 aliphatic rings. The lowest BCUT2D eigenvalue weighted by molar-refractivity contribution is 0.0933. The van der Waals surface area contributed by atoms with E-state index in [1.54, 1.807) is 18.3 Å². The van der Waals surface area contributed by atoms with Crippen molar-refractivity contribution in [2.45, 2.75) is 39.2 Å². The highest BCUT2D eigenvalue weighted by Gasteiger charge is 2.20. The molecule has 0 fully saturated rings. The van der Waals surface area contributed by atoms with Gasteiger partial charge in [0.15, 0.2) is 5.65 Å². The van der Waals surface area contributed by atoms with Gasteiger partial charge in [-0.3, -0.25) is 4.79 Å². The molecule has 26 heavy (non-hydrogen) atoms. The van der Waals surface area contributed by atoms with E-state index in [-0.39, 0.29) is 17.7 Å². The number of phenols is 1. The predicted molar refractivity (Wildman–Crippen MR) is 102 cm³/mol. The number of hydrogen-bond donors (Lipinski definition) is 2. The predicted octanol–water partition coefficient (Wildman–Crippen LogP) is 4.31. The van der Waals surface area contributed by atoms with E-state index in [0.717, 1.165) is 30.2 Å². The van der Waals surface area contributed by atoms with Crippen LogP contribution in [0.15, 0.2) is 48.7 Å². The number of rotatable bonds is 6. The first-order valence-electron chi connectivity index (χ1n) is 8.91. The Morgan fingerprint density at radius 1 is 1.23 bits per heavy atom. The number of hydrogen-bond acceptors (Lipinski definition) is 4. The van der Waals surface area contributed by atoms with Crippen molar-refractivity contribution < 1.29 is 9.90 Å². The van der Waals surface area contributed by atoms with Gasteiger partial charge < -0.3 is 10.4 Å². The molecule has 2 N–H and O–H groups in total. The number of amides is 1. The van der Waals surface area contributed by atoms with Gasteiger partial charge in [0.1, 0.15) is 5.75 Å². The molecule has 0 saturated heterocycles. The number of fused-ring (bicyclic) bond motifs is 1. The minimum Gasteiger partial charge on any atom is -0.508 e.